The summed E-state index contributed by atoms with van der Waals surface area (Å²) in [5.41, 5.74) is 2.55. The van der Waals surface area contributed by atoms with Crippen LogP contribution in [0.15, 0.2) is 18.2 Å². The van der Waals surface area contributed by atoms with E-state index in [2.05, 4.69) is 28.4 Å². The molecule has 17 heavy (non-hydrogen) atoms. The van der Waals surface area contributed by atoms with Gasteiger partial charge in [0.15, 0.2) is 0 Å². The van der Waals surface area contributed by atoms with Gasteiger partial charge < -0.3 is 10.1 Å². The van der Waals surface area contributed by atoms with Crippen molar-refractivity contribution in [3.05, 3.63) is 29.3 Å². The third-order valence-corrected chi connectivity index (χ3v) is 3.34. The third kappa shape index (κ3) is 2.99. The SMILES string of the molecule is CNCc1cccc(CN2CCCC2)c1OC. The second-order valence-corrected chi connectivity index (χ2v) is 4.62. The Morgan fingerprint density at radius 3 is 2.59 bits per heavy atom. The van der Waals surface area contributed by atoms with Crippen LogP contribution in [-0.4, -0.2) is 32.1 Å². The van der Waals surface area contributed by atoms with Crippen LogP contribution in [0.3, 0.4) is 0 Å². The standard InChI is InChI=1S/C14H22N2O/c1-15-10-12-6-5-7-13(14(12)17-2)11-16-8-3-4-9-16/h5-7,15H,3-4,8-11H2,1-2H3. The number of rotatable bonds is 5. The first-order valence-corrected chi connectivity index (χ1v) is 6.37. The van der Waals surface area contributed by atoms with Crippen molar-refractivity contribution in [3.8, 4) is 5.75 Å². The zero-order chi connectivity index (χ0) is 12.1. The third-order valence-electron chi connectivity index (χ3n) is 3.34. The topological polar surface area (TPSA) is 24.5 Å². The van der Waals surface area contributed by atoms with Gasteiger partial charge in [-0.2, -0.15) is 0 Å². The summed E-state index contributed by atoms with van der Waals surface area (Å²) in [6, 6.07) is 6.43. The molecular weight excluding hydrogens is 212 g/mol. The Morgan fingerprint density at radius 1 is 1.24 bits per heavy atom. The lowest BCUT2D eigenvalue weighted by Gasteiger charge is -2.18. The molecule has 1 aliphatic rings. The molecule has 1 fully saturated rings. The molecule has 1 aromatic rings. The van der Waals surface area contributed by atoms with Crippen LogP contribution in [0.1, 0.15) is 24.0 Å². The van der Waals surface area contributed by atoms with Crippen LogP contribution in [0.4, 0.5) is 0 Å². The van der Waals surface area contributed by atoms with Crippen LogP contribution in [0.5, 0.6) is 5.75 Å². The van der Waals surface area contributed by atoms with E-state index in [9.17, 15) is 0 Å². The number of ether oxygens (including phenoxy) is 1. The summed E-state index contributed by atoms with van der Waals surface area (Å²) in [4.78, 5) is 2.50. The Balaban J connectivity index is 2.16. The lowest BCUT2D eigenvalue weighted by atomic mass is 10.1. The van der Waals surface area contributed by atoms with Crippen LogP contribution < -0.4 is 10.1 Å². The van der Waals surface area contributed by atoms with Gasteiger partial charge in [-0.05, 0) is 33.0 Å². The second kappa shape index (κ2) is 6.03. The Labute approximate surface area is 104 Å². The van der Waals surface area contributed by atoms with Crippen molar-refractivity contribution in [2.75, 3.05) is 27.2 Å². The quantitative estimate of drug-likeness (QED) is 0.843. The highest BCUT2D eigenvalue weighted by molar-refractivity contribution is 5.41. The molecule has 2 rings (SSSR count). The van der Waals surface area contributed by atoms with Crippen molar-refractivity contribution in [1.29, 1.82) is 0 Å². The van der Waals surface area contributed by atoms with Crippen LogP contribution >= 0.6 is 0 Å². The first kappa shape index (κ1) is 12.4. The Kier molecular flexibility index (Phi) is 4.40. The molecule has 3 heteroatoms. The van der Waals surface area contributed by atoms with Gasteiger partial charge >= 0.3 is 0 Å². The predicted molar refractivity (Wildman–Crippen MR) is 70.3 cm³/mol. The van der Waals surface area contributed by atoms with Gasteiger partial charge in [-0.3, -0.25) is 4.90 Å². The second-order valence-electron chi connectivity index (χ2n) is 4.62. The van der Waals surface area contributed by atoms with Crippen molar-refractivity contribution in [2.45, 2.75) is 25.9 Å². The first-order valence-electron chi connectivity index (χ1n) is 6.37. The molecule has 3 nitrogen and oxygen atoms in total. The number of benzene rings is 1. The van der Waals surface area contributed by atoms with E-state index in [1.54, 1.807) is 7.11 Å². The summed E-state index contributed by atoms with van der Waals surface area (Å²) in [6.07, 6.45) is 2.66. The van der Waals surface area contributed by atoms with E-state index in [4.69, 9.17) is 4.74 Å². The van der Waals surface area contributed by atoms with Crippen molar-refractivity contribution >= 4 is 0 Å². The average Bonchev–Trinajstić information content (AvgIpc) is 2.83. The lowest BCUT2D eigenvalue weighted by Crippen LogP contribution is -2.19. The fraction of sp³-hybridized carbons (Fsp3) is 0.571. The summed E-state index contributed by atoms with van der Waals surface area (Å²) >= 11 is 0. The largest absolute Gasteiger partial charge is 0.496 e. The van der Waals surface area contributed by atoms with E-state index in [1.807, 2.05) is 7.05 Å². The molecule has 94 valence electrons. The summed E-state index contributed by atoms with van der Waals surface area (Å²) in [5.74, 6) is 1.05. The minimum absolute atomic E-state index is 0.858. The molecule has 1 saturated heterocycles. The highest BCUT2D eigenvalue weighted by atomic mass is 16.5. The molecule has 0 saturated carbocycles. The molecule has 0 amide bonds. The van der Waals surface area contributed by atoms with E-state index in [0.29, 0.717) is 0 Å². The molecule has 0 spiro atoms. The zero-order valence-corrected chi connectivity index (χ0v) is 10.8. The number of methoxy groups -OCH3 is 1. The number of nitrogens with one attached hydrogen (secondary N) is 1. The van der Waals surface area contributed by atoms with E-state index < -0.39 is 0 Å². The highest BCUT2D eigenvalue weighted by Gasteiger charge is 2.15. The number of nitrogens with zero attached hydrogens (tertiary/aromatic N) is 1. The average molecular weight is 234 g/mol. The molecular formula is C14H22N2O. The van der Waals surface area contributed by atoms with Gasteiger partial charge in [-0.15, -0.1) is 0 Å². The highest BCUT2D eigenvalue weighted by Crippen LogP contribution is 2.26. The maximum absolute atomic E-state index is 5.57. The molecule has 0 atom stereocenters. The minimum Gasteiger partial charge on any atom is -0.496 e. The van der Waals surface area contributed by atoms with Gasteiger partial charge in [0.25, 0.3) is 0 Å². The van der Waals surface area contributed by atoms with E-state index in [0.717, 1.165) is 18.8 Å². The maximum Gasteiger partial charge on any atom is 0.127 e. The van der Waals surface area contributed by atoms with Crippen molar-refractivity contribution in [2.24, 2.45) is 0 Å². The first-order chi connectivity index (χ1) is 8.35. The smallest absolute Gasteiger partial charge is 0.127 e. The summed E-state index contributed by atoms with van der Waals surface area (Å²) in [7, 11) is 3.73. The number of para-hydroxylation sites is 1. The Morgan fingerprint density at radius 2 is 1.94 bits per heavy atom. The summed E-state index contributed by atoms with van der Waals surface area (Å²) < 4.78 is 5.57. The van der Waals surface area contributed by atoms with Crippen LogP contribution in [-0.2, 0) is 13.1 Å². The van der Waals surface area contributed by atoms with Gasteiger partial charge in [0.2, 0.25) is 0 Å². The van der Waals surface area contributed by atoms with Crippen LogP contribution in [0.2, 0.25) is 0 Å². The summed E-state index contributed by atoms with van der Waals surface area (Å²) in [6.45, 7) is 4.32. The van der Waals surface area contributed by atoms with Gasteiger partial charge in [0, 0.05) is 24.2 Å². The minimum atomic E-state index is 0.858. The lowest BCUT2D eigenvalue weighted by molar-refractivity contribution is 0.320. The van der Waals surface area contributed by atoms with E-state index >= 15 is 0 Å². The number of hydrogen-bond donors (Lipinski definition) is 1. The number of likely N-dealkylation sites (tertiary alicyclic amines) is 1. The Bertz CT molecular complexity index is 359. The van der Waals surface area contributed by atoms with E-state index in [1.165, 1.54) is 37.1 Å². The van der Waals surface area contributed by atoms with Gasteiger partial charge in [-0.25, -0.2) is 0 Å². The van der Waals surface area contributed by atoms with Gasteiger partial charge in [0.05, 0.1) is 7.11 Å². The molecule has 0 unspecified atom stereocenters. The molecule has 0 aliphatic carbocycles. The summed E-state index contributed by atoms with van der Waals surface area (Å²) in [5, 5.41) is 3.19. The molecule has 0 aromatic heterocycles. The molecule has 1 aromatic carbocycles. The van der Waals surface area contributed by atoms with Crippen LogP contribution in [0.25, 0.3) is 0 Å². The monoisotopic (exact) mass is 234 g/mol. The molecule has 1 aliphatic heterocycles. The fourth-order valence-corrected chi connectivity index (χ4v) is 2.54. The fourth-order valence-electron chi connectivity index (χ4n) is 2.54. The Hall–Kier alpha value is -1.06. The van der Waals surface area contributed by atoms with Crippen LogP contribution in [0, 0.1) is 0 Å². The van der Waals surface area contributed by atoms with E-state index in [-0.39, 0.29) is 0 Å². The van der Waals surface area contributed by atoms with Gasteiger partial charge in [-0.1, -0.05) is 18.2 Å². The zero-order valence-electron chi connectivity index (χ0n) is 10.8. The van der Waals surface area contributed by atoms with Crippen molar-refractivity contribution in [1.82, 2.24) is 10.2 Å². The number of hydrogen-bond acceptors (Lipinski definition) is 3. The van der Waals surface area contributed by atoms with Gasteiger partial charge in [0.1, 0.15) is 5.75 Å². The van der Waals surface area contributed by atoms with Crippen molar-refractivity contribution < 1.29 is 4.74 Å². The molecule has 1 N–H and O–H groups in total. The molecule has 0 radical (unpaired) electrons. The maximum atomic E-state index is 5.57. The normalized spacial score (nSPS) is 16.4. The predicted octanol–water partition coefficient (Wildman–Crippen LogP) is 2.01. The molecule has 1 heterocycles. The molecule has 0 bridgehead atoms. The van der Waals surface area contributed by atoms with Crippen molar-refractivity contribution in [3.63, 3.8) is 0 Å².